The summed E-state index contributed by atoms with van der Waals surface area (Å²) in [6, 6.07) is 4.65. The summed E-state index contributed by atoms with van der Waals surface area (Å²) >= 11 is 0. The van der Waals surface area contributed by atoms with Gasteiger partial charge in [0, 0.05) is 38.1 Å². The predicted molar refractivity (Wildman–Crippen MR) is 116 cm³/mol. The lowest BCUT2D eigenvalue weighted by Crippen LogP contribution is -2.48. The number of aliphatic hydroxyl groups excluding tert-OH is 1. The molecular formula is C24H38N2O3. The van der Waals surface area contributed by atoms with Crippen molar-refractivity contribution < 1.29 is 14.6 Å². The molecule has 0 bridgehead atoms. The van der Waals surface area contributed by atoms with Gasteiger partial charge in [-0.05, 0) is 60.9 Å². The van der Waals surface area contributed by atoms with Gasteiger partial charge in [-0.15, -0.1) is 0 Å². The highest BCUT2D eigenvalue weighted by Gasteiger charge is 2.40. The summed E-state index contributed by atoms with van der Waals surface area (Å²) in [6.07, 6.45) is 2.68. The first-order valence-electron chi connectivity index (χ1n) is 11.2. The Labute approximate surface area is 176 Å². The van der Waals surface area contributed by atoms with Gasteiger partial charge in [0.05, 0.1) is 19.8 Å². The van der Waals surface area contributed by atoms with Crippen LogP contribution in [-0.2, 0) is 6.42 Å². The van der Waals surface area contributed by atoms with E-state index < -0.39 is 0 Å². The molecule has 0 aromatic heterocycles. The van der Waals surface area contributed by atoms with Crippen molar-refractivity contribution in [3.8, 4) is 11.5 Å². The van der Waals surface area contributed by atoms with E-state index in [0.29, 0.717) is 11.8 Å². The molecule has 0 aliphatic carbocycles. The molecule has 3 aliphatic rings. The Bertz CT molecular complexity index is 724. The standard InChI is InChI=1S/C24H38N2O3/c1-24(2,3)11-18-14-26-7-6-17-8-23(29-15-16-12-25(4)13-16)22(28-5)9-19(17)20(26)10-21(18)27/h8-9,16,18,20-21,27H,6-7,10-15H2,1-5H3. The summed E-state index contributed by atoms with van der Waals surface area (Å²) in [5, 5.41) is 10.9. The van der Waals surface area contributed by atoms with E-state index in [-0.39, 0.29) is 17.6 Å². The number of rotatable bonds is 5. The Hall–Kier alpha value is -1.30. The van der Waals surface area contributed by atoms with Crippen LogP contribution < -0.4 is 9.47 Å². The molecule has 5 heteroatoms. The van der Waals surface area contributed by atoms with Crippen molar-refractivity contribution in [3.05, 3.63) is 23.3 Å². The second kappa shape index (κ2) is 8.09. The highest BCUT2D eigenvalue weighted by Crippen LogP contribution is 2.44. The fourth-order valence-electron chi connectivity index (χ4n) is 5.50. The van der Waals surface area contributed by atoms with Crippen molar-refractivity contribution in [2.75, 3.05) is 46.9 Å². The lowest BCUT2D eigenvalue weighted by molar-refractivity contribution is -0.0259. The van der Waals surface area contributed by atoms with Crippen LogP contribution in [0.1, 0.15) is 50.8 Å². The first-order chi connectivity index (χ1) is 13.7. The largest absolute Gasteiger partial charge is 0.493 e. The molecular weight excluding hydrogens is 364 g/mol. The summed E-state index contributed by atoms with van der Waals surface area (Å²) in [5.41, 5.74) is 2.92. The SMILES string of the molecule is COc1cc2c(cc1OCC1CN(C)C1)CCN1CC(CC(C)(C)C)C(O)CC21. The van der Waals surface area contributed by atoms with Crippen molar-refractivity contribution in [2.24, 2.45) is 17.3 Å². The summed E-state index contributed by atoms with van der Waals surface area (Å²) in [5.74, 6) is 2.67. The molecule has 1 aromatic rings. The number of ether oxygens (including phenoxy) is 2. The number of fused-ring (bicyclic) bond motifs is 3. The molecule has 2 fully saturated rings. The van der Waals surface area contributed by atoms with Crippen LogP contribution in [0.25, 0.3) is 0 Å². The Kier molecular flexibility index (Phi) is 5.84. The van der Waals surface area contributed by atoms with E-state index in [9.17, 15) is 5.11 Å². The van der Waals surface area contributed by atoms with E-state index in [1.165, 1.54) is 11.1 Å². The van der Waals surface area contributed by atoms with Crippen LogP contribution in [0.4, 0.5) is 0 Å². The van der Waals surface area contributed by atoms with Gasteiger partial charge >= 0.3 is 0 Å². The van der Waals surface area contributed by atoms with Gasteiger partial charge in [-0.2, -0.15) is 0 Å². The summed E-state index contributed by atoms with van der Waals surface area (Å²) in [6.45, 7) is 11.8. The van der Waals surface area contributed by atoms with Gasteiger partial charge < -0.3 is 19.5 Å². The van der Waals surface area contributed by atoms with E-state index in [4.69, 9.17) is 9.47 Å². The molecule has 3 atom stereocenters. The average Bonchev–Trinajstić information content (AvgIpc) is 2.63. The molecule has 162 valence electrons. The highest BCUT2D eigenvalue weighted by molar-refractivity contribution is 5.49. The van der Waals surface area contributed by atoms with Crippen LogP contribution in [0.5, 0.6) is 11.5 Å². The molecule has 0 spiro atoms. The van der Waals surface area contributed by atoms with Crippen LogP contribution in [0.3, 0.4) is 0 Å². The molecule has 2 saturated heterocycles. The van der Waals surface area contributed by atoms with Gasteiger partial charge in [-0.25, -0.2) is 0 Å². The van der Waals surface area contributed by atoms with Crippen molar-refractivity contribution in [2.45, 2.75) is 52.2 Å². The number of nitrogens with zero attached hydrogens (tertiary/aromatic N) is 2. The second-order valence-electron chi connectivity index (χ2n) is 10.7. The van der Waals surface area contributed by atoms with E-state index in [1.807, 2.05) is 0 Å². The quantitative estimate of drug-likeness (QED) is 0.818. The molecule has 3 unspecified atom stereocenters. The Balaban J connectivity index is 1.49. The predicted octanol–water partition coefficient (Wildman–Crippen LogP) is 3.35. The summed E-state index contributed by atoms with van der Waals surface area (Å²) in [4.78, 5) is 4.89. The number of piperidine rings is 1. The number of likely N-dealkylation sites (tertiary alicyclic amines) is 1. The molecule has 3 heterocycles. The van der Waals surface area contributed by atoms with Crippen molar-refractivity contribution >= 4 is 0 Å². The van der Waals surface area contributed by atoms with Gasteiger partial charge in [0.25, 0.3) is 0 Å². The van der Waals surface area contributed by atoms with Gasteiger partial charge in [0.1, 0.15) is 0 Å². The maximum Gasteiger partial charge on any atom is 0.161 e. The third-order valence-corrected chi connectivity index (χ3v) is 6.86. The van der Waals surface area contributed by atoms with E-state index in [1.54, 1.807) is 7.11 Å². The van der Waals surface area contributed by atoms with Crippen LogP contribution in [0.15, 0.2) is 12.1 Å². The minimum Gasteiger partial charge on any atom is -0.493 e. The first kappa shape index (κ1) is 21.0. The number of hydrogen-bond donors (Lipinski definition) is 1. The third kappa shape index (κ3) is 4.57. The molecule has 0 amide bonds. The normalized spacial score (nSPS) is 28.4. The molecule has 0 radical (unpaired) electrons. The van der Waals surface area contributed by atoms with Crippen molar-refractivity contribution in [3.63, 3.8) is 0 Å². The van der Waals surface area contributed by atoms with Gasteiger partial charge in [0.2, 0.25) is 0 Å². The lowest BCUT2D eigenvalue weighted by atomic mass is 9.75. The number of benzene rings is 1. The first-order valence-corrected chi connectivity index (χ1v) is 11.2. The summed E-state index contributed by atoms with van der Waals surface area (Å²) < 4.78 is 11.9. The Morgan fingerprint density at radius 2 is 1.90 bits per heavy atom. The van der Waals surface area contributed by atoms with E-state index >= 15 is 0 Å². The number of methoxy groups -OCH3 is 1. The second-order valence-corrected chi connectivity index (χ2v) is 10.7. The zero-order valence-electron chi connectivity index (χ0n) is 18.8. The van der Waals surface area contributed by atoms with Crippen LogP contribution in [0, 0.1) is 17.3 Å². The third-order valence-electron chi connectivity index (χ3n) is 6.86. The van der Waals surface area contributed by atoms with Gasteiger partial charge in [-0.3, -0.25) is 4.90 Å². The highest BCUT2D eigenvalue weighted by atomic mass is 16.5. The molecule has 1 N–H and O–H groups in total. The Morgan fingerprint density at radius 3 is 2.55 bits per heavy atom. The zero-order chi connectivity index (χ0) is 20.8. The van der Waals surface area contributed by atoms with Crippen LogP contribution in [-0.4, -0.2) is 68.0 Å². The number of aliphatic hydroxyl groups is 1. The molecule has 5 nitrogen and oxygen atoms in total. The van der Waals surface area contributed by atoms with Crippen LogP contribution >= 0.6 is 0 Å². The Morgan fingerprint density at radius 1 is 1.14 bits per heavy atom. The van der Waals surface area contributed by atoms with Crippen LogP contribution in [0.2, 0.25) is 0 Å². The van der Waals surface area contributed by atoms with Crippen molar-refractivity contribution in [1.82, 2.24) is 9.80 Å². The fraction of sp³-hybridized carbons (Fsp3) is 0.750. The van der Waals surface area contributed by atoms with Gasteiger partial charge in [-0.1, -0.05) is 20.8 Å². The molecule has 4 rings (SSSR count). The minimum atomic E-state index is -0.237. The molecule has 3 aliphatic heterocycles. The summed E-state index contributed by atoms with van der Waals surface area (Å²) in [7, 11) is 3.87. The van der Waals surface area contributed by atoms with E-state index in [0.717, 1.165) is 63.5 Å². The molecule has 0 saturated carbocycles. The van der Waals surface area contributed by atoms with Gasteiger partial charge in [0.15, 0.2) is 11.5 Å². The number of hydrogen-bond acceptors (Lipinski definition) is 5. The smallest absolute Gasteiger partial charge is 0.161 e. The maximum atomic E-state index is 10.9. The molecule has 29 heavy (non-hydrogen) atoms. The average molecular weight is 403 g/mol. The zero-order valence-corrected chi connectivity index (χ0v) is 18.8. The topological polar surface area (TPSA) is 45.2 Å². The maximum absolute atomic E-state index is 10.9. The molecule has 1 aromatic carbocycles. The van der Waals surface area contributed by atoms with E-state index in [2.05, 4.69) is 49.8 Å². The van der Waals surface area contributed by atoms with Crippen molar-refractivity contribution in [1.29, 1.82) is 0 Å². The minimum absolute atomic E-state index is 0.237. The fourth-order valence-corrected chi connectivity index (χ4v) is 5.50. The lowest BCUT2D eigenvalue weighted by Gasteiger charge is -2.47. The monoisotopic (exact) mass is 402 g/mol.